The lowest BCUT2D eigenvalue weighted by Crippen LogP contribution is -2.35. The molecule has 2 fully saturated rings. The Morgan fingerprint density at radius 1 is 1.25 bits per heavy atom. The number of ether oxygens (including phenoxy) is 1. The summed E-state index contributed by atoms with van der Waals surface area (Å²) in [5.74, 6) is 2.82. The zero-order chi connectivity index (χ0) is 18.4. The minimum absolute atomic E-state index is 0. The number of nitrogens with one attached hydrogen (secondary N) is 2. The van der Waals surface area contributed by atoms with Gasteiger partial charge < -0.3 is 20.3 Å². The molecule has 0 radical (unpaired) electrons. The summed E-state index contributed by atoms with van der Waals surface area (Å²) in [6, 6.07) is 8.17. The second-order valence-electron chi connectivity index (χ2n) is 7.85. The Labute approximate surface area is 181 Å². The van der Waals surface area contributed by atoms with Crippen molar-refractivity contribution < 1.29 is 9.53 Å². The molecule has 5 nitrogen and oxygen atoms in total. The summed E-state index contributed by atoms with van der Waals surface area (Å²) in [5, 5.41) is 6.58. The Morgan fingerprint density at radius 2 is 1.96 bits per heavy atom. The van der Waals surface area contributed by atoms with Crippen LogP contribution in [0.3, 0.4) is 0 Å². The normalized spacial score (nSPS) is 20.6. The highest BCUT2D eigenvalue weighted by atomic mass is 35.5. The van der Waals surface area contributed by atoms with E-state index in [1.165, 1.54) is 12.8 Å². The molecule has 1 aromatic rings. The van der Waals surface area contributed by atoms with Crippen molar-refractivity contribution in [2.24, 2.45) is 17.8 Å². The number of methoxy groups -OCH3 is 1. The third-order valence-electron chi connectivity index (χ3n) is 6.00. The first-order valence-electron chi connectivity index (χ1n) is 10.0. The predicted molar refractivity (Wildman–Crippen MR) is 120 cm³/mol. The molecule has 2 atom stereocenters. The van der Waals surface area contributed by atoms with E-state index in [1.54, 1.807) is 7.11 Å². The van der Waals surface area contributed by atoms with Gasteiger partial charge in [-0.2, -0.15) is 0 Å². The number of carbonyl (C=O) groups excluding carboxylic acids is 1. The van der Waals surface area contributed by atoms with Crippen LogP contribution in [0.2, 0.25) is 0 Å². The molecule has 2 aliphatic rings. The van der Waals surface area contributed by atoms with Gasteiger partial charge in [0.2, 0.25) is 5.91 Å². The Hall–Kier alpha value is -1.17. The van der Waals surface area contributed by atoms with Crippen LogP contribution < -0.4 is 20.3 Å². The van der Waals surface area contributed by atoms with Crippen molar-refractivity contribution in [2.75, 3.05) is 44.7 Å². The number of para-hydroxylation sites is 2. The molecule has 0 saturated carbocycles. The van der Waals surface area contributed by atoms with Gasteiger partial charge in [-0.25, -0.2) is 0 Å². The number of benzene rings is 1. The van der Waals surface area contributed by atoms with E-state index in [4.69, 9.17) is 4.74 Å². The molecule has 2 unspecified atom stereocenters. The van der Waals surface area contributed by atoms with Gasteiger partial charge >= 0.3 is 0 Å². The Kier molecular flexibility index (Phi) is 11.0. The van der Waals surface area contributed by atoms with E-state index < -0.39 is 0 Å². The van der Waals surface area contributed by atoms with Crippen molar-refractivity contribution >= 4 is 36.4 Å². The summed E-state index contributed by atoms with van der Waals surface area (Å²) in [5.41, 5.74) is 1.16. The second-order valence-corrected chi connectivity index (χ2v) is 7.85. The third kappa shape index (κ3) is 6.71. The molecular weight excluding hydrogens is 397 g/mol. The number of amides is 1. The fraction of sp³-hybridized carbons (Fsp3) is 0.667. The molecule has 7 heteroatoms. The largest absolute Gasteiger partial charge is 0.495 e. The lowest BCUT2D eigenvalue weighted by atomic mass is 9.84. The van der Waals surface area contributed by atoms with Crippen molar-refractivity contribution in [3.63, 3.8) is 0 Å². The molecule has 2 N–H and O–H groups in total. The zero-order valence-electron chi connectivity index (χ0n) is 17.0. The van der Waals surface area contributed by atoms with Gasteiger partial charge in [0.25, 0.3) is 0 Å². The molecule has 3 rings (SSSR count). The van der Waals surface area contributed by atoms with Crippen molar-refractivity contribution in [1.82, 2.24) is 10.6 Å². The number of halogens is 2. The molecule has 160 valence electrons. The Bertz CT molecular complexity index is 597. The van der Waals surface area contributed by atoms with Crippen molar-refractivity contribution in [2.45, 2.75) is 32.6 Å². The third-order valence-corrected chi connectivity index (χ3v) is 6.00. The predicted octanol–water partition coefficient (Wildman–Crippen LogP) is 3.51. The van der Waals surface area contributed by atoms with E-state index in [0.717, 1.165) is 50.6 Å². The number of hydrogen-bond acceptors (Lipinski definition) is 4. The van der Waals surface area contributed by atoms with Crippen LogP contribution in [-0.4, -0.2) is 45.7 Å². The molecule has 0 bridgehead atoms. The topological polar surface area (TPSA) is 53.6 Å². The van der Waals surface area contributed by atoms with Gasteiger partial charge in [-0.3, -0.25) is 4.79 Å². The summed E-state index contributed by atoms with van der Waals surface area (Å²) in [6.45, 7) is 7.20. The van der Waals surface area contributed by atoms with E-state index in [9.17, 15) is 4.79 Å². The fourth-order valence-electron chi connectivity index (χ4n) is 4.31. The lowest BCUT2D eigenvalue weighted by Gasteiger charge is -2.28. The minimum atomic E-state index is 0. The maximum atomic E-state index is 12.3. The van der Waals surface area contributed by atoms with Crippen molar-refractivity contribution in [3.05, 3.63) is 24.3 Å². The minimum Gasteiger partial charge on any atom is -0.495 e. The molecule has 28 heavy (non-hydrogen) atoms. The smallest absolute Gasteiger partial charge is 0.220 e. The van der Waals surface area contributed by atoms with Crippen LogP contribution in [0.5, 0.6) is 5.75 Å². The summed E-state index contributed by atoms with van der Waals surface area (Å²) in [7, 11) is 1.72. The van der Waals surface area contributed by atoms with Crippen LogP contribution in [0.15, 0.2) is 24.3 Å². The number of carbonyl (C=O) groups is 1. The monoisotopic (exact) mass is 431 g/mol. The molecule has 1 aromatic carbocycles. The molecule has 1 amide bonds. The van der Waals surface area contributed by atoms with Crippen LogP contribution in [-0.2, 0) is 4.79 Å². The van der Waals surface area contributed by atoms with Gasteiger partial charge in [-0.05, 0) is 62.2 Å². The Balaban J connectivity index is 0.00000196. The quantitative estimate of drug-likeness (QED) is 0.693. The van der Waals surface area contributed by atoms with Crippen LogP contribution in [0, 0.1) is 17.8 Å². The molecule has 2 heterocycles. The number of anilines is 1. The standard InChI is InChI=1S/C21H33N3O2.2ClH/c1-16(18-7-10-22-11-8-18)13-21(25)23-14-17-9-12-24(15-17)19-5-3-4-6-20(19)26-2;;/h3-6,16-18,22H,7-15H2,1-2H3,(H,23,25);2*1H. The molecular formula is C21H35Cl2N3O2. The maximum absolute atomic E-state index is 12.3. The summed E-state index contributed by atoms with van der Waals surface area (Å²) in [6.07, 6.45) is 4.17. The molecule has 2 aliphatic heterocycles. The van der Waals surface area contributed by atoms with Gasteiger partial charge in [0.1, 0.15) is 5.75 Å². The van der Waals surface area contributed by atoms with Gasteiger partial charge in [-0.15, -0.1) is 24.8 Å². The zero-order valence-corrected chi connectivity index (χ0v) is 18.6. The number of hydrogen-bond donors (Lipinski definition) is 2. The maximum Gasteiger partial charge on any atom is 0.220 e. The first kappa shape index (κ1) is 24.9. The Morgan fingerprint density at radius 3 is 2.68 bits per heavy atom. The van der Waals surface area contributed by atoms with Crippen LogP contribution >= 0.6 is 24.8 Å². The summed E-state index contributed by atoms with van der Waals surface area (Å²) < 4.78 is 5.48. The van der Waals surface area contributed by atoms with Gasteiger partial charge in [0.15, 0.2) is 0 Å². The molecule has 0 aromatic heterocycles. The number of rotatable bonds is 7. The van der Waals surface area contributed by atoms with Gasteiger partial charge in [0, 0.05) is 26.1 Å². The fourth-order valence-corrected chi connectivity index (χ4v) is 4.31. The van der Waals surface area contributed by atoms with Crippen LogP contribution in [0.4, 0.5) is 5.69 Å². The second kappa shape index (κ2) is 12.4. The summed E-state index contributed by atoms with van der Waals surface area (Å²) in [4.78, 5) is 14.7. The molecule has 2 saturated heterocycles. The van der Waals surface area contributed by atoms with E-state index in [1.807, 2.05) is 12.1 Å². The van der Waals surface area contributed by atoms with Crippen LogP contribution in [0.1, 0.15) is 32.6 Å². The van der Waals surface area contributed by atoms with Crippen LogP contribution in [0.25, 0.3) is 0 Å². The van der Waals surface area contributed by atoms with Crippen molar-refractivity contribution in [3.8, 4) is 5.75 Å². The van der Waals surface area contributed by atoms with Crippen molar-refractivity contribution in [1.29, 1.82) is 0 Å². The first-order chi connectivity index (χ1) is 12.7. The van der Waals surface area contributed by atoms with E-state index in [2.05, 4.69) is 34.6 Å². The highest BCUT2D eigenvalue weighted by Gasteiger charge is 2.26. The van der Waals surface area contributed by atoms with E-state index in [0.29, 0.717) is 24.2 Å². The average molecular weight is 432 g/mol. The highest BCUT2D eigenvalue weighted by molar-refractivity contribution is 5.85. The number of nitrogens with zero attached hydrogens (tertiary/aromatic N) is 1. The average Bonchev–Trinajstić information content (AvgIpc) is 3.16. The first-order valence-corrected chi connectivity index (χ1v) is 10.0. The van der Waals surface area contributed by atoms with E-state index in [-0.39, 0.29) is 30.7 Å². The SMILES string of the molecule is COc1ccccc1N1CCC(CNC(=O)CC(C)C2CCNCC2)C1.Cl.Cl. The van der Waals surface area contributed by atoms with Gasteiger partial charge in [0.05, 0.1) is 12.8 Å². The number of piperidine rings is 1. The highest BCUT2D eigenvalue weighted by Crippen LogP contribution is 2.31. The summed E-state index contributed by atoms with van der Waals surface area (Å²) >= 11 is 0. The van der Waals surface area contributed by atoms with E-state index >= 15 is 0 Å². The van der Waals surface area contributed by atoms with Gasteiger partial charge in [-0.1, -0.05) is 19.1 Å². The lowest BCUT2D eigenvalue weighted by molar-refractivity contribution is -0.122. The molecule has 0 aliphatic carbocycles. The molecule has 0 spiro atoms.